The van der Waals surface area contributed by atoms with E-state index in [1.54, 1.807) is 0 Å². The summed E-state index contributed by atoms with van der Waals surface area (Å²) in [5.74, 6) is 0. The maximum atomic E-state index is 2.34. The standard InChI is InChI=1S/2C19H15N/c1-14-8-7-13-18-19(14)16-11-5-6-12-17(16)20(18)15-9-3-2-4-10-15;1-14-11-12-19-17(13-14)16-9-5-6-10-18(16)20(19)15-7-3-2-4-8-15/h2*2-13H,1H3. The van der Waals surface area contributed by atoms with E-state index in [1.807, 2.05) is 0 Å². The third kappa shape index (κ3) is 3.97. The lowest BCUT2D eigenvalue weighted by atomic mass is 10.1. The number of para-hydroxylation sites is 4. The number of aromatic nitrogens is 2. The van der Waals surface area contributed by atoms with E-state index in [1.165, 1.54) is 66.1 Å². The summed E-state index contributed by atoms with van der Waals surface area (Å²) in [5, 5.41) is 5.32. The van der Waals surface area contributed by atoms with Crippen LogP contribution in [0.2, 0.25) is 0 Å². The van der Waals surface area contributed by atoms with Crippen LogP contribution in [-0.4, -0.2) is 9.13 Å². The summed E-state index contributed by atoms with van der Waals surface area (Å²) >= 11 is 0. The molecule has 8 rings (SSSR count). The monoisotopic (exact) mass is 514 g/mol. The van der Waals surface area contributed by atoms with Gasteiger partial charge in [0.15, 0.2) is 0 Å². The first-order valence-electron chi connectivity index (χ1n) is 13.8. The zero-order valence-corrected chi connectivity index (χ0v) is 22.8. The van der Waals surface area contributed by atoms with Crippen molar-refractivity contribution in [3.8, 4) is 11.4 Å². The molecule has 2 heteroatoms. The van der Waals surface area contributed by atoms with Gasteiger partial charge in [0.05, 0.1) is 22.1 Å². The fraction of sp³-hybridized carbons (Fsp3) is 0.0526. The molecule has 0 radical (unpaired) electrons. The molecule has 0 spiro atoms. The molecule has 8 aromatic rings. The minimum atomic E-state index is 1.21. The van der Waals surface area contributed by atoms with E-state index in [0.717, 1.165) is 0 Å². The largest absolute Gasteiger partial charge is 0.309 e. The number of hydrogen-bond donors (Lipinski definition) is 0. The topological polar surface area (TPSA) is 9.86 Å². The van der Waals surface area contributed by atoms with Crippen molar-refractivity contribution in [2.45, 2.75) is 13.8 Å². The van der Waals surface area contributed by atoms with Crippen LogP contribution in [0, 0.1) is 13.8 Å². The molecule has 0 unspecified atom stereocenters. The average molecular weight is 515 g/mol. The summed E-state index contributed by atoms with van der Waals surface area (Å²) in [4.78, 5) is 0. The number of fused-ring (bicyclic) bond motifs is 6. The molecule has 0 aliphatic heterocycles. The lowest BCUT2D eigenvalue weighted by Gasteiger charge is -2.07. The van der Waals surface area contributed by atoms with E-state index in [9.17, 15) is 0 Å². The molecule has 0 aliphatic rings. The van der Waals surface area contributed by atoms with Crippen LogP contribution in [0.4, 0.5) is 0 Å². The Morgan fingerprint density at radius 3 is 1.55 bits per heavy atom. The number of benzene rings is 6. The van der Waals surface area contributed by atoms with Crippen LogP contribution in [0.5, 0.6) is 0 Å². The molecule has 0 saturated carbocycles. The predicted molar refractivity (Wildman–Crippen MR) is 171 cm³/mol. The van der Waals surface area contributed by atoms with Gasteiger partial charge < -0.3 is 9.13 Å². The van der Waals surface area contributed by atoms with Crippen LogP contribution in [-0.2, 0) is 0 Å². The zero-order valence-electron chi connectivity index (χ0n) is 22.8. The fourth-order valence-electron chi connectivity index (χ4n) is 6.00. The highest BCUT2D eigenvalue weighted by Crippen LogP contribution is 2.34. The molecule has 0 bridgehead atoms. The van der Waals surface area contributed by atoms with Gasteiger partial charge in [0.25, 0.3) is 0 Å². The number of aryl methyl sites for hydroxylation is 2. The second-order valence-electron chi connectivity index (χ2n) is 10.4. The van der Waals surface area contributed by atoms with E-state index in [-0.39, 0.29) is 0 Å². The molecule has 2 nitrogen and oxygen atoms in total. The molecule has 0 aliphatic carbocycles. The Labute approximate surface area is 234 Å². The molecule has 2 heterocycles. The second kappa shape index (κ2) is 9.91. The molecule has 0 saturated heterocycles. The number of rotatable bonds is 2. The Bertz CT molecular complexity index is 2110. The lowest BCUT2D eigenvalue weighted by Crippen LogP contribution is -1.92. The number of hydrogen-bond acceptors (Lipinski definition) is 0. The molecule has 40 heavy (non-hydrogen) atoms. The van der Waals surface area contributed by atoms with Crippen LogP contribution in [0.15, 0.2) is 146 Å². The second-order valence-corrected chi connectivity index (χ2v) is 10.4. The molecule has 192 valence electrons. The van der Waals surface area contributed by atoms with Crippen LogP contribution in [0.25, 0.3) is 55.0 Å². The van der Waals surface area contributed by atoms with Crippen molar-refractivity contribution in [3.63, 3.8) is 0 Å². The van der Waals surface area contributed by atoms with Crippen LogP contribution >= 0.6 is 0 Å². The molecule has 0 fully saturated rings. The molecule has 0 atom stereocenters. The van der Waals surface area contributed by atoms with Crippen LogP contribution in [0.1, 0.15) is 11.1 Å². The van der Waals surface area contributed by atoms with Gasteiger partial charge in [0, 0.05) is 32.9 Å². The van der Waals surface area contributed by atoms with Crippen LogP contribution in [0.3, 0.4) is 0 Å². The summed E-state index contributed by atoms with van der Waals surface area (Å²) in [7, 11) is 0. The van der Waals surface area contributed by atoms with E-state index < -0.39 is 0 Å². The van der Waals surface area contributed by atoms with Gasteiger partial charge in [-0.3, -0.25) is 0 Å². The van der Waals surface area contributed by atoms with Crippen LogP contribution < -0.4 is 0 Å². The highest BCUT2D eigenvalue weighted by Gasteiger charge is 2.13. The first-order valence-corrected chi connectivity index (χ1v) is 13.8. The summed E-state index contributed by atoms with van der Waals surface area (Å²) in [6.07, 6.45) is 0. The first-order chi connectivity index (χ1) is 19.7. The van der Waals surface area contributed by atoms with Crippen molar-refractivity contribution in [2.75, 3.05) is 0 Å². The van der Waals surface area contributed by atoms with Gasteiger partial charge in [0.1, 0.15) is 0 Å². The Morgan fingerprint density at radius 2 is 0.875 bits per heavy atom. The Hall–Kier alpha value is -5.08. The van der Waals surface area contributed by atoms with Crippen molar-refractivity contribution >= 4 is 43.6 Å². The van der Waals surface area contributed by atoms with Gasteiger partial charge >= 0.3 is 0 Å². The van der Waals surface area contributed by atoms with E-state index >= 15 is 0 Å². The van der Waals surface area contributed by atoms with Gasteiger partial charge in [-0.25, -0.2) is 0 Å². The average Bonchev–Trinajstić information content (AvgIpc) is 3.52. The van der Waals surface area contributed by atoms with Crippen molar-refractivity contribution in [1.82, 2.24) is 9.13 Å². The number of nitrogens with zero attached hydrogens (tertiary/aromatic N) is 2. The first kappa shape index (κ1) is 24.0. The summed E-state index contributed by atoms with van der Waals surface area (Å²) in [6, 6.07) is 51.5. The SMILES string of the molecule is Cc1ccc2c(c1)c1ccccc1n2-c1ccccc1.Cc1cccc2c1c1ccccc1n2-c1ccccc1. The Kier molecular flexibility index (Phi) is 5.94. The molecule has 0 amide bonds. The Morgan fingerprint density at radius 1 is 0.375 bits per heavy atom. The lowest BCUT2D eigenvalue weighted by molar-refractivity contribution is 1.18. The van der Waals surface area contributed by atoms with Crippen molar-refractivity contribution < 1.29 is 0 Å². The normalized spacial score (nSPS) is 11.2. The molecule has 6 aromatic carbocycles. The predicted octanol–water partition coefficient (Wildman–Crippen LogP) is 10.2. The minimum Gasteiger partial charge on any atom is -0.309 e. The summed E-state index contributed by atoms with van der Waals surface area (Å²) in [6.45, 7) is 4.33. The quantitative estimate of drug-likeness (QED) is 0.217. The van der Waals surface area contributed by atoms with Crippen molar-refractivity contribution in [2.24, 2.45) is 0 Å². The summed E-state index contributed by atoms with van der Waals surface area (Å²) < 4.78 is 4.68. The van der Waals surface area contributed by atoms with Gasteiger partial charge in [-0.2, -0.15) is 0 Å². The maximum absolute atomic E-state index is 2.34. The summed E-state index contributed by atoms with van der Waals surface area (Å²) in [5.41, 5.74) is 10.1. The minimum absolute atomic E-state index is 1.21. The molecular formula is C38H30N2. The maximum Gasteiger partial charge on any atom is 0.0543 e. The zero-order chi connectivity index (χ0) is 27.1. The van der Waals surface area contributed by atoms with Crippen molar-refractivity contribution in [3.05, 3.63) is 157 Å². The highest BCUT2D eigenvalue weighted by atomic mass is 15.0. The van der Waals surface area contributed by atoms with Gasteiger partial charge in [-0.05, 0) is 74.0 Å². The fourth-order valence-corrected chi connectivity index (χ4v) is 6.00. The highest BCUT2D eigenvalue weighted by molar-refractivity contribution is 6.11. The van der Waals surface area contributed by atoms with Gasteiger partial charge in [-0.15, -0.1) is 0 Å². The van der Waals surface area contributed by atoms with E-state index in [2.05, 4.69) is 169 Å². The van der Waals surface area contributed by atoms with Crippen molar-refractivity contribution in [1.29, 1.82) is 0 Å². The van der Waals surface area contributed by atoms with E-state index in [0.29, 0.717) is 0 Å². The Balaban J connectivity index is 0.000000132. The molecule has 2 aromatic heterocycles. The third-order valence-electron chi connectivity index (χ3n) is 7.76. The van der Waals surface area contributed by atoms with E-state index in [4.69, 9.17) is 0 Å². The van der Waals surface area contributed by atoms with Gasteiger partial charge in [0.2, 0.25) is 0 Å². The smallest absolute Gasteiger partial charge is 0.0543 e. The third-order valence-corrected chi connectivity index (χ3v) is 7.76. The molecule has 0 N–H and O–H groups in total. The van der Waals surface area contributed by atoms with Gasteiger partial charge in [-0.1, -0.05) is 96.6 Å². The molecular weight excluding hydrogens is 484 g/mol.